The normalized spacial score (nSPS) is 18.6. The largest absolute Gasteiger partial charge is 0.395 e. The molecule has 21 heavy (non-hydrogen) atoms. The first-order valence-electron chi connectivity index (χ1n) is 7.04. The molecule has 0 unspecified atom stereocenters. The summed E-state index contributed by atoms with van der Waals surface area (Å²) >= 11 is 0. The number of hydrogen-bond acceptors (Lipinski definition) is 4. The van der Waals surface area contributed by atoms with Crippen LogP contribution in [0, 0.1) is 12.7 Å². The van der Waals surface area contributed by atoms with Crippen LogP contribution in [0.25, 0.3) is 0 Å². The van der Waals surface area contributed by atoms with E-state index in [-0.39, 0.29) is 11.5 Å². The van der Waals surface area contributed by atoms with Gasteiger partial charge in [-0.1, -0.05) is 6.07 Å². The number of benzene rings is 1. The van der Waals surface area contributed by atoms with Gasteiger partial charge < -0.3 is 5.11 Å². The summed E-state index contributed by atoms with van der Waals surface area (Å²) in [6.07, 6.45) is 0.702. The van der Waals surface area contributed by atoms with Gasteiger partial charge in [-0.15, -0.1) is 0 Å². The number of aliphatic hydroxyl groups excluding tert-OH is 1. The Kier molecular flexibility index (Phi) is 5.32. The average Bonchev–Trinajstić information content (AvgIpc) is 2.68. The summed E-state index contributed by atoms with van der Waals surface area (Å²) in [7, 11) is -3.66. The van der Waals surface area contributed by atoms with Gasteiger partial charge in [0.1, 0.15) is 5.82 Å². The van der Waals surface area contributed by atoms with Gasteiger partial charge in [0.05, 0.1) is 11.5 Å². The molecule has 1 aliphatic heterocycles. The van der Waals surface area contributed by atoms with Gasteiger partial charge in [0, 0.05) is 26.2 Å². The van der Waals surface area contributed by atoms with E-state index in [1.54, 1.807) is 6.92 Å². The van der Waals surface area contributed by atoms with Crippen molar-refractivity contribution in [1.82, 2.24) is 9.21 Å². The summed E-state index contributed by atoms with van der Waals surface area (Å²) in [4.78, 5) is 2.03. The molecule has 7 heteroatoms. The van der Waals surface area contributed by atoms with Crippen LogP contribution in [-0.2, 0) is 10.0 Å². The topological polar surface area (TPSA) is 60.9 Å². The number of hydrogen-bond donors (Lipinski definition) is 1. The number of nitrogens with zero attached hydrogens (tertiary/aromatic N) is 2. The van der Waals surface area contributed by atoms with Gasteiger partial charge >= 0.3 is 0 Å². The summed E-state index contributed by atoms with van der Waals surface area (Å²) in [6, 6.07) is 4.02. The molecule has 1 aliphatic rings. The molecule has 1 fully saturated rings. The third-order valence-electron chi connectivity index (χ3n) is 3.74. The molecule has 0 aromatic heterocycles. The first-order valence-corrected chi connectivity index (χ1v) is 8.48. The first kappa shape index (κ1) is 16.4. The van der Waals surface area contributed by atoms with Crippen molar-refractivity contribution in [2.75, 3.05) is 39.3 Å². The highest BCUT2D eigenvalue weighted by molar-refractivity contribution is 7.89. The highest BCUT2D eigenvalue weighted by Crippen LogP contribution is 2.20. The monoisotopic (exact) mass is 316 g/mol. The molecule has 0 amide bonds. The molecule has 1 N–H and O–H groups in total. The maximum absolute atomic E-state index is 13.6. The molecule has 0 aliphatic carbocycles. The molecular weight excluding hydrogens is 295 g/mol. The van der Waals surface area contributed by atoms with E-state index in [1.165, 1.54) is 16.4 Å². The third kappa shape index (κ3) is 3.79. The van der Waals surface area contributed by atoms with E-state index in [9.17, 15) is 12.8 Å². The molecule has 1 heterocycles. The van der Waals surface area contributed by atoms with E-state index in [4.69, 9.17) is 5.11 Å². The van der Waals surface area contributed by atoms with Gasteiger partial charge in [0.15, 0.2) is 0 Å². The summed E-state index contributed by atoms with van der Waals surface area (Å²) in [5, 5.41) is 8.96. The van der Waals surface area contributed by atoms with Gasteiger partial charge in [0.25, 0.3) is 0 Å². The van der Waals surface area contributed by atoms with Crippen molar-refractivity contribution < 1.29 is 17.9 Å². The Labute approximate surface area is 125 Å². The minimum Gasteiger partial charge on any atom is -0.395 e. The molecule has 0 atom stereocenters. The van der Waals surface area contributed by atoms with Crippen LogP contribution in [0.3, 0.4) is 0 Å². The number of halogens is 1. The predicted octanol–water partition coefficient (Wildman–Crippen LogP) is 0.823. The number of aryl methyl sites for hydroxylation is 1. The molecular formula is C14H21FN2O3S. The third-order valence-corrected chi connectivity index (χ3v) is 5.64. The second kappa shape index (κ2) is 6.83. The van der Waals surface area contributed by atoms with Crippen LogP contribution in [0.1, 0.15) is 12.0 Å². The highest BCUT2D eigenvalue weighted by Gasteiger charge is 2.27. The van der Waals surface area contributed by atoms with Crippen molar-refractivity contribution >= 4 is 10.0 Å². The predicted molar refractivity (Wildman–Crippen MR) is 78.0 cm³/mol. The fourth-order valence-electron chi connectivity index (χ4n) is 2.44. The van der Waals surface area contributed by atoms with E-state index < -0.39 is 15.8 Å². The zero-order valence-electron chi connectivity index (χ0n) is 12.1. The van der Waals surface area contributed by atoms with Crippen molar-refractivity contribution in [1.29, 1.82) is 0 Å². The zero-order valence-corrected chi connectivity index (χ0v) is 12.9. The van der Waals surface area contributed by atoms with E-state index in [0.29, 0.717) is 38.2 Å². The molecule has 1 aromatic carbocycles. The maximum Gasteiger partial charge on any atom is 0.243 e. The molecule has 1 saturated heterocycles. The van der Waals surface area contributed by atoms with E-state index in [0.717, 1.165) is 12.6 Å². The lowest BCUT2D eigenvalue weighted by Crippen LogP contribution is -2.36. The van der Waals surface area contributed by atoms with Crippen LogP contribution in [0.5, 0.6) is 0 Å². The second-order valence-electron chi connectivity index (χ2n) is 5.23. The van der Waals surface area contributed by atoms with Gasteiger partial charge in [-0.3, -0.25) is 4.90 Å². The molecule has 1 aromatic rings. The Hall–Kier alpha value is -1.02. The standard InChI is InChI=1S/C14H21FN2O3S/c1-12-3-4-13(11-14(12)15)21(19,20)17-6-2-5-16(7-8-17)9-10-18/h3-4,11,18H,2,5-10H2,1H3. The molecule has 118 valence electrons. The lowest BCUT2D eigenvalue weighted by Gasteiger charge is -2.21. The van der Waals surface area contributed by atoms with Crippen LogP contribution < -0.4 is 0 Å². The summed E-state index contributed by atoms with van der Waals surface area (Å²) in [6.45, 7) is 4.33. The van der Waals surface area contributed by atoms with Crippen molar-refractivity contribution in [3.8, 4) is 0 Å². The van der Waals surface area contributed by atoms with Crippen molar-refractivity contribution in [2.45, 2.75) is 18.2 Å². The van der Waals surface area contributed by atoms with Crippen molar-refractivity contribution in [3.63, 3.8) is 0 Å². The number of aliphatic hydroxyl groups is 1. The van der Waals surface area contributed by atoms with E-state index in [1.807, 2.05) is 4.90 Å². The lowest BCUT2D eigenvalue weighted by atomic mass is 10.2. The van der Waals surface area contributed by atoms with Crippen LogP contribution >= 0.6 is 0 Å². The molecule has 2 rings (SSSR count). The molecule has 0 radical (unpaired) electrons. The van der Waals surface area contributed by atoms with Gasteiger partial charge in [-0.05, 0) is 37.6 Å². The maximum atomic E-state index is 13.6. The van der Waals surface area contributed by atoms with E-state index in [2.05, 4.69) is 0 Å². The number of sulfonamides is 1. The highest BCUT2D eigenvalue weighted by atomic mass is 32.2. The summed E-state index contributed by atoms with van der Waals surface area (Å²) in [5.74, 6) is -0.507. The molecule has 0 saturated carbocycles. The second-order valence-corrected chi connectivity index (χ2v) is 7.17. The Morgan fingerprint density at radius 1 is 1.24 bits per heavy atom. The molecule has 0 bridgehead atoms. The van der Waals surface area contributed by atoms with Crippen LogP contribution in [0.4, 0.5) is 4.39 Å². The Morgan fingerprint density at radius 2 is 2.00 bits per heavy atom. The van der Waals surface area contributed by atoms with Crippen LogP contribution in [-0.4, -0.2) is 62.1 Å². The average molecular weight is 316 g/mol. The Bertz CT molecular complexity index is 592. The zero-order chi connectivity index (χ0) is 15.5. The van der Waals surface area contributed by atoms with E-state index >= 15 is 0 Å². The van der Waals surface area contributed by atoms with Crippen molar-refractivity contribution in [2.24, 2.45) is 0 Å². The van der Waals surface area contributed by atoms with Crippen LogP contribution in [0.2, 0.25) is 0 Å². The SMILES string of the molecule is Cc1ccc(S(=O)(=O)N2CCCN(CCO)CC2)cc1F. The minimum atomic E-state index is -3.66. The van der Waals surface area contributed by atoms with Gasteiger partial charge in [-0.2, -0.15) is 4.31 Å². The fourth-order valence-corrected chi connectivity index (χ4v) is 3.92. The summed E-state index contributed by atoms with van der Waals surface area (Å²) in [5.41, 5.74) is 0.430. The van der Waals surface area contributed by atoms with Gasteiger partial charge in [-0.25, -0.2) is 12.8 Å². The quantitative estimate of drug-likeness (QED) is 0.893. The first-order chi connectivity index (χ1) is 9.95. The number of β-amino-alcohol motifs (C(OH)–C–C–N with tert-alkyl or cyclic N) is 1. The molecule has 0 spiro atoms. The Morgan fingerprint density at radius 3 is 2.67 bits per heavy atom. The van der Waals surface area contributed by atoms with Gasteiger partial charge in [0.2, 0.25) is 10.0 Å². The van der Waals surface area contributed by atoms with Crippen LogP contribution in [0.15, 0.2) is 23.1 Å². The summed E-state index contributed by atoms with van der Waals surface area (Å²) < 4.78 is 40.1. The Balaban J connectivity index is 2.17. The lowest BCUT2D eigenvalue weighted by molar-refractivity contribution is 0.202. The number of rotatable bonds is 4. The molecule has 5 nitrogen and oxygen atoms in total. The minimum absolute atomic E-state index is 0.00112. The smallest absolute Gasteiger partial charge is 0.243 e. The fraction of sp³-hybridized carbons (Fsp3) is 0.571. The van der Waals surface area contributed by atoms with Crippen molar-refractivity contribution in [3.05, 3.63) is 29.6 Å².